The summed E-state index contributed by atoms with van der Waals surface area (Å²) >= 11 is 7.28. The van der Waals surface area contributed by atoms with Gasteiger partial charge in [0.1, 0.15) is 4.21 Å². The zero-order valence-corrected chi connectivity index (χ0v) is 16.1. The summed E-state index contributed by atoms with van der Waals surface area (Å²) in [6, 6.07) is 8.65. The van der Waals surface area contributed by atoms with Crippen LogP contribution < -0.4 is 5.32 Å². The number of hydrogen-bond acceptors (Lipinski definition) is 4. The number of hydrogen-bond donors (Lipinski definition) is 1. The number of piperidine rings is 1. The highest BCUT2D eigenvalue weighted by molar-refractivity contribution is 7.91. The Bertz CT molecular complexity index is 866. The van der Waals surface area contributed by atoms with Crippen molar-refractivity contribution in [3.63, 3.8) is 0 Å². The van der Waals surface area contributed by atoms with E-state index in [2.05, 4.69) is 5.32 Å². The van der Waals surface area contributed by atoms with E-state index in [1.807, 2.05) is 13.0 Å². The van der Waals surface area contributed by atoms with E-state index in [9.17, 15) is 13.2 Å². The van der Waals surface area contributed by atoms with Gasteiger partial charge in [0.2, 0.25) is 5.91 Å². The Hall–Kier alpha value is -1.41. The molecule has 25 heavy (non-hydrogen) atoms. The maximum Gasteiger partial charge on any atom is 0.252 e. The monoisotopic (exact) mass is 398 g/mol. The molecule has 1 fully saturated rings. The number of nitrogens with one attached hydrogen (secondary N) is 1. The molecule has 1 aliphatic heterocycles. The van der Waals surface area contributed by atoms with Gasteiger partial charge in [0.05, 0.1) is 5.92 Å². The summed E-state index contributed by atoms with van der Waals surface area (Å²) in [4.78, 5) is 12.5. The lowest BCUT2D eigenvalue weighted by molar-refractivity contribution is -0.120. The van der Waals surface area contributed by atoms with Crippen molar-refractivity contribution >= 4 is 44.6 Å². The van der Waals surface area contributed by atoms with Crippen molar-refractivity contribution in [2.24, 2.45) is 5.92 Å². The summed E-state index contributed by atoms with van der Waals surface area (Å²) < 4.78 is 27.0. The fourth-order valence-electron chi connectivity index (χ4n) is 2.83. The van der Waals surface area contributed by atoms with Gasteiger partial charge in [0.15, 0.2) is 0 Å². The van der Waals surface area contributed by atoms with Crippen molar-refractivity contribution in [2.45, 2.75) is 24.0 Å². The highest BCUT2D eigenvalue weighted by Gasteiger charge is 2.33. The molecule has 134 valence electrons. The molecule has 5 nitrogen and oxygen atoms in total. The minimum absolute atomic E-state index is 0.175. The molecule has 8 heteroatoms. The van der Waals surface area contributed by atoms with Crippen LogP contribution in [0.25, 0.3) is 0 Å². The number of aryl methyl sites for hydroxylation is 1. The fraction of sp³-hybridized carbons (Fsp3) is 0.353. The van der Waals surface area contributed by atoms with Gasteiger partial charge in [0, 0.05) is 23.8 Å². The molecule has 0 saturated carbocycles. The SMILES string of the molecule is Cc1ccc(NC(=O)C2CCCN(S(=O)(=O)c3cccs3)C2)cc1Cl. The predicted octanol–water partition coefficient (Wildman–Crippen LogP) is 3.75. The zero-order chi connectivity index (χ0) is 18.0. The number of carbonyl (C=O) groups is 1. The Labute approximate surface area is 156 Å². The lowest BCUT2D eigenvalue weighted by Gasteiger charge is -2.30. The van der Waals surface area contributed by atoms with Gasteiger partial charge < -0.3 is 5.32 Å². The second kappa shape index (κ2) is 7.45. The third kappa shape index (κ3) is 4.06. The molecule has 1 aromatic carbocycles. The molecular weight excluding hydrogens is 380 g/mol. The number of rotatable bonds is 4. The van der Waals surface area contributed by atoms with Crippen molar-refractivity contribution in [3.8, 4) is 0 Å². The maximum atomic E-state index is 12.6. The van der Waals surface area contributed by atoms with Crippen LogP contribution in [0.2, 0.25) is 5.02 Å². The van der Waals surface area contributed by atoms with E-state index in [1.54, 1.807) is 29.6 Å². The van der Waals surface area contributed by atoms with Crippen LogP contribution in [0.4, 0.5) is 5.69 Å². The third-order valence-electron chi connectivity index (χ3n) is 4.28. The van der Waals surface area contributed by atoms with Crippen molar-refractivity contribution < 1.29 is 13.2 Å². The zero-order valence-electron chi connectivity index (χ0n) is 13.7. The Kier molecular flexibility index (Phi) is 5.48. The molecular formula is C17H19ClN2O3S2. The number of anilines is 1. The Morgan fingerprint density at radius 3 is 2.84 bits per heavy atom. The quantitative estimate of drug-likeness (QED) is 0.852. The minimum atomic E-state index is -3.52. The van der Waals surface area contributed by atoms with E-state index in [0.717, 1.165) is 5.56 Å². The summed E-state index contributed by atoms with van der Waals surface area (Å²) in [6.07, 6.45) is 1.33. The highest BCUT2D eigenvalue weighted by Crippen LogP contribution is 2.27. The minimum Gasteiger partial charge on any atom is -0.326 e. The van der Waals surface area contributed by atoms with Crippen LogP contribution in [0.1, 0.15) is 18.4 Å². The maximum absolute atomic E-state index is 12.6. The molecule has 0 bridgehead atoms. The van der Waals surface area contributed by atoms with Crippen LogP contribution in [0, 0.1) is 12.8 Å². The van der Waals surface area contributed by atoms with Crippen LogP contribution >= 0.6 is 22.9 Å². The summed E-state index contributed by atoms with van der Waals surface area (Å²) in [6.45, 7) is 2.54. The Morgan fingerprint density at radius 1 is 1.36 bits per heavy atom. The fourth-order valence-corrected chi connectivity index (χ4v) is 5.68. The first kappa shape index (κ1) is 18.4. The van der Waals surface area contributed by atoms with Crippen molar-refractivity contribution in [3.05, 3.63) is 46.3 Å². The lowest BCUT2D eigenvalue weighted by Crippen LogP contribution is -2.43. The summed E-state index contributed by atoms with van der Waals surface area (Å²) in [5, 5.41) is 5.17. The van der Waals surface area contributed by atoms with Gasteiger partial charge in [-0.3, -0.25) is 4.79 Å². The number of benzene rings is 1. The first-order valence-corrected chi connectivity index (χ1v) is 10.7. The number of sulfonamides is 1. The van der Waals surface area contributed by atoms with Crippen LogP contribution in [0.5, 0.6) is 0 Å². The first-order valence-electron chi connectivity index (χ1n) is 7.98. The van der Waals surface area contributed by atoms with Crippen LogP contribution in [0.15, 0.2) is 39.9 Å². The predicted molar refractivity (Wildman–Crippen MR) is 101 cm³/mol. The standard InChI is InChI=1S/C17H19ClN2O3S2/c1-12-6-7-14(10-15(12)18)19-17(21)13-4-2-8-20(11-13)25(22,23)16-5-3-9-24-16/h3,5-7,9-10,13H,2,4,8,11H2,1H3,(H,19,21). The largest absolute Gasteiger partial charge is 0.326 e. The Morgan fingerprint density at radius 2 is 2.16 bits per heavy atom. The van der Waals surface area contributed by atoms with E-state index in [4.69, 9.17) is 11.6 Å². The number of nitrogens with zero attached hydrogens (tertiary/aromatic N) is 1. The number of amides is 1. The average molecular weight is 399 g/mol. The van der Waals surface area contributed by atoms with Gasteiger partial charge in [-0.25, -0.2) is 8.42 Å². The van der Waals surface area contributed by atoms with Gasteiger partial charge in [-0.1, -0.05) is 23.7 Å². The molecule has 0 aliphatic carbocycles. The van der Waals surface area contributed by atoms with Crippen molar-refractivity contribution in [1.82, 2.24) is 4.31 Å². The molecule has 3 rings (SSSR count). The third-order valence-corrected chi connectivity index (χ3v) is 7.93. The molecule has 1 N–H and O–H groups in total. The van der Waals surface area contributed by atoms with E-state index < -0.39 is 10.0 Å². The van der Waals surface area contributed by atoms with E-state index in [-0.39, 0.29) is 18.4 Å². The van der Waals surface area contributed by atoms with Gasteiger partial charge in [-0.2, -0.15) is 4.31 Å². The molecule has 2 aromatic rings. The van der Waals surface area contributed by atoms with Crippen LogP contribution in [0.3, 0.4) is 0 Å². The second-order valence-electron chi connectivity index (χ2n) is 6.09. The highest BCUT2D eigenvalue weighted by atomic mass is 35.5. The Balaban J connectivity index is 1.70. The number of thiophene rings is 1. The summed E-state index contributed by atoms with van der Waals surface area (Å²) in [5.41, 5.74) is 1.56. The number of halogens is 1. The summed E-state index contributed by atoms with van der Waals surface area (Å²) in [7, 11) is -3.52. The second-order valence-corrected chi connectivity index (χ2v) is 9.61. The van der Waals surface area contributed by atoms with E-state index >= 15 is 0 Å². The molecule has 1 atom stereocenters. The van der Waals surface area contributed by atoms with Gasteiger partial charge in [0.25, 0.3) is 10.0 Å². The van der Waals surface area contributed by atoms with Gasteiger partial charge >= 0.3 is 0 Å². The molecule has 1 saturated heterocycles. The lowest BCUT2D eigenvalue weighted by atomic mass is 9.98. The van der Waals surface area contributed by atoms with E-state index in [1.165, 1.54) is 15.6 Å². The normalized spacial score (nSPS) is 18.9. The van der Waals surface area contributed by atoms with Crippen molar-refractivity contribution in [2.75, 3.05) is 18.4 Å². The first-order chi connectivity index (χ1) is 11.9. The molecule has 1 unspecified atom stereocenters. The van der Waals surface area contributed by atoms with Gasteiger partial charge in [-0.15, -0.1) is 11.3 Å². The number of carbonyl (C=O) groups excluding carboxylic acids is 1. The topological polar surface area (TPSA) is 66.5 Å². The van der Waals surface area contributed by atoms with Crippen LogP contribution in [-0.2, 0) is 14.8 Å². The van der Waals surface area contributed by atoms with Crippen LogP contribution in [-0.4, -0.2) is 31.7 Å². The molecule has 1 aliphatic rings. The average Bonchev–Trinajstić information content (AvgIpc) is 3.14. The molecule has 0 radical (unpaired) electrons. The smallest absolute Gasteiger partial charge is 0.252 e. The van der Waals surface area contributed by atoms with Crippen molar-refractivity contribution in [1.29, 1.82) is 0 Å². The molecule has 1 amide bonds. The molecule has 0 spiro atoms. The molecule has 2 heterocycles. The summed E-state index contributed by atoms with van der Waals surface area (Å²) in [5.74, 6) is -0.547. The van der Waals surface area contributed by atoms with Gasteiger partial charge in [-0.05, 0) is 48.9 Å². The van der Waals surface area contributed by atoms with E-state index in [0.29, 0.717) is 34.3 Å². The molecule has 1 aromatic heterocycles.